The van der Waals surface area contributed by atoms with Crippen LogP contribution in [-0.2, 0) is 13.6 Å². The van der Waals surface area contributed by atoms with Crippen molar-refractivity contribution < 1.29 is 118 Å². The van der Waals surface area contributed by atoms with Gasteiger partial charge in [-0.25, -0.2) is 17.6 Å². The van der Waals surface area contributed by atoms with E-state index in [9.17, 15) is 79.7 Å². The van der Waals surface area contributed by atoms with Gasteiger partial charge < -0.3 is 13.9 Å². The fraction of sp³-hybridized carbons (Fsp3) is 1.00. The van der Waals surface area contributed by atoms with Crippen LogP contribution < -0.4 is 34.5 Å². The van der Waals surface area contributed by atoms with Gasteiger partial charge in [-0.2, -0.15) is 52.7 Å². The molecule has 0 aromatic carbocycles. The normalized spacial score (nSPS) is 15.3. The zero-order chi connectivity index (χ0) is 25.5. The van der Waals surface area contributed by atoms with Gasteiger partial charge >= 0.3 is 77.9 Å². The van der Waals surface area contributed by atoms with Gasteiger partial charge in [-0.1, -0.05) is 0 Å². The van der Waals surface area contributed by atoms with Crippen LogP contribution in [0, 0.1) is 0 Å². The molecule has 0 aliphatic heterocycles. The third-order valence-corrected chi connectivity index (χ3v) is 4.00. The van der Waals surface area contributed by atoms with Gasteiger partial charge in [-0.15, -0.1) is 0 Å². The van der Waals surface area contributed by atoms with Crippen LogP contribution in [0.3, 0.4) is 0 Å². The molecule has 0 saturated heterocycles. The summed E-state index contributed by atoms with van der Waals surface area (Å²) in [7, 11) is -6.92. The first-order chi connectivity index (χ1) is 13.3. The topological polar surface area (TPSA) is 58.6 Å². The molecule has 0 unspecified atom stereocenters. The Hall–Kier alpha value is -0.0100. The van der Waals surface area contributed by atoms with Gasteiger partial charge in [0.25, 0.3) is 7.82 Å². The Morgan fingerprint density at radius 1 is 0.625 bits per heavy atom. The number of rotatable bonds is 12. The van der Waals surface area contributed by atoms with Crippen molar-refractivity contribution in [2.45, 2.75) is 48.4 Å². The number of phosphoric acid groups is 1. The monoisotopic (exact) mass is 548 g/mol. The second kappa shape index (κ2) is 10.3. The van der Waals surface area contributed by atoms with Crippen LogP contribution in [0.2, 0.25) is 0 Å². The third kappa shape index (κ3) is 6.56. The Kier molecular flexibility index (Phi) is 11.0. The van der Waals surface area contributed by atoms with Crippen LogP contribution >= 0.6 is 7.82 Å². The van der Waals surface area contributed by atoms with Crippen molar-refractivity contribution >= 4 is 7.82 Å². The van der Waals surface area contributed by atoms with Crippen molar-refractivity contribution in [1.82, 2.24) is 0 Å². The van der Waals surface area contributed by atoms with E-state index in [1.165, 1.54) is 0 Å². The van der Waals surface area contributed by atoms with Gasteiger partial charge in [-0.3, -0.25) is 4.57 Å². The van der Waals surface area contributed by atoms with E-state index in [0.717, 1.165) is 0 Å². The first kappa shape index (κ1) is 34.2. The van der Waals surface area contributed by atoms with Crippen LogP contribution in [0.5, 0.6) is 0 Å². The van der Waals surface area contributed by atoms with Gasteiger partial charge in [0.1, 0.15) is 13.2 Å². The molecule has 0 aliphatic carbocycles. The van der Waals surface area contributed by atoms with Gasteiger partial charge in [0.05, 0.1) is 0 Å². The minimum atomic E-state index is -7.02. The second-order valence-corrected chi connectivity index (χ2v) is 6.81. The molecule has 4 nitrogen and oxygen atoms in total. The molecular formula is C10H6F16NaO4P. The maximum Gasteiger partial charge on any atom is 1.00 e. The summed E-state index contributed by atoms with van der Waals surface area (Å²) in [6, 6.07) is 0. The molecule has 0 bridgehead atoms. The van der Waals surface area contributed by atoms with Crippen molar-refractivity contribution in [3.8, 4) is 0 Å². The first-order valence-electron chi connectivity index (χ1n) is 6.73. The van der Waals surface area contributed by atoms with Crippen LogP contribution in [-0.4, -0.2) is 61.6 Å². The molecule has 0 aliphatic rings. The molecule has 0 spiro atoms. The summed E-state index contributed by atoms with van der Waals surface area (Å²) in [6.07, 6.45) is -10.9. The second-order valence-electron chi connectivity index (χ2n) is 5.40. The van der Waals surface area contributed by atoms with Crippen molar-refractivity contribution in [2.24, 2.45) is 0 Å². The summed E-state index contributed by atoms with van der Waals surface area (Å²) in [5, 5.41) is 0. The number of hydrogen-bond acceptors (Lipinski definition) is 4. The van der Waals surface area contributed by atoms with Crippen LogP contribution in [0.15, 0.2) is 0 Å². The minimum absolute atomic E-state index is 0. The molecule has 0 heterocycles. The molecule has 0 aromatic heterocycles. The number of alkyl halides is 16. The summed E-state index contributed by atoms with van der Waals surface area (Å²) >= 11 is 0. The predicted octanol–water partition coefficient (Wildman–Crippen LogP) is 1.83. The maximum absolute atomic E-state index is 13.0. The van der Waals surface area contributed by atoms with Crippen molar-refractivity contribution in [2.75, 3.05) is 13.2 Å². The quantitative estimate of drug-likeness (QED) is 0.213. The number of phosphoric ester groups is 1. The van der Waals surface area contributed by atoms with Crippen molar-refractivity contribution in [3.05, 3.63) is 0 Å². The Labute approximate surface area is 188 Å². The molecule has 0 atom stereocenters. The van der Waals surface area contributed by atoms with Gasteiger partial charge in [0.2, 0.25) is 0 Å². The molecule has 22 heteroatoms. The van der Waals surface area contributed by atoms with E-state index >= 15 is 0 Å². The summed E-state index contributed by atoms with van der Waals surface area (Å²) in [4.78, 5) is 10.9. The van der Waals surface area contributed by atoms with Crippen LogP contribution in [0.1, 0.15) is 0 Å². The Bertz CT molecular complexity index is 619. The Morgan fingerprint density at radius 3 is 1.03 bits per heavy atom. The summed E-state index contributed by atoms with van der Waals surface area (Å²) in [5.41, 5.74) is 0. The molecule has 0 radical (unpaired) electrons. The van der Waals surface area contributed by atoms with Crippen molar-refractivity contribution in [3.63, 3.8) is 0 Å². The average molecular weight is 548 g/mol. The zero-order valence-corrected chi connectivity index (χ0v) is 17.6. The predicted molar refractivity (Wildman–Crippen MR) is 61.2 cm³/mol. The van der Waals surface area contributed by atoms with E-state index in [0.29, 0.717) is 0 Å². The smallest absolute Gasteiger partial charge is 0.756 e. The zero-order valence-electron chi connectivity index (χ0n) is 14.7. The van der Waals surface area contributed by atoms with Crippen molar-refractivity contribution in [1.29, 1.82) is 0 Å². The van der Waals surface area contributed by atoms with Gasteiger partial charge in [-0.05, 0) is 0 Å². The number of halogens is 16. The first-order valence-corrected chi connectivity index (χ1v) is 8.19. The molecule has 0 rings (SSSR count). The molecule has 188 valence electrons. The van der Waals surface area contributed by atoms with E-state index in [1.54, 1.807) is 0 Å². The van der Waals surface area contributed by atoms with E-state index in [2.05, 4.69) is 9.05 Å². The minimum Gasteiger partial charge on any atom is -0.756 e. The Balaban J connectivity index is 0. The molecule has 0 amide bonds. The molecule has 32 heavy (non-hydrogen) atoms. The third-order valence-electron chi connectivity index (χ3n) is 3.11. The summed E-state index contributed by atoms with van der Waals surface area (Å²) < 4.78 is 217. The molecular weight excluding hydrogens is 542 g/mol. The van der Waals surface area contributed by atoms with Crippen LogP contribution in [0.25, 0.3) is 0 Å². The van der Waals surface area contributed by atoms with Gasteiger partial charge in [0, 0.05) is 0 Å². The Morgan fingerprint density at radius 2 is 0.844 bits per heavy atom. The molecule has 0 N–H and O–H groups in total. The molecule has 0 saturated carbocycles. The fourth-order valence-electron chi connectivity index (χ4n) is 1.30. The maximum atomic E-state index is 13.0. The SMILES string of the molecule is O=P([O-])(OCC(F)(F)C(F)(F)C(F)(F)C(F)F)OCC(F)(F)C(F)(F)C(F)(F)C(F)F.[Na+]. The number of hydrogen-bond donors (Lipinski definition) is 0. The average Bonchev–Trinajstić information content (AvgIpc) is 2.57. The fourth-order valence-corrected chi connectivity index (χ4v) is 2.02. The van der Waals surface area contributed by atoms with E-state index in [-0.39, 0.29) is 29.6 Å². The summed E-state index contributed by atoms with van der Waals surface area (Å²) in [5.74, 6) is -40.6. The van der Waals surface area contributed by atoms with E-state index < -0.39 is 69.4 Å². The van der Waals surface area contributed by atoms with Crippen LogP contribution in [0.4, 0.5) is 70.2 Å². The standard InChI is InChI=1S/C10H7F16O4P.Na/c11-3(12)7(19,20)9(23,24)5(15,16)1-29-31(27,28)30-2-6(17,18)10(25,26)8(21,22)4(13)14;/h3-4H,1-2H2,(H,27,28);/q;+1/p-1. The van der Waals surface area contributed by atoms with E-state index in [1.807, 2.05) is 0 Å². The molecule has 0 fully saturated rings. The summed E-state index contributed by atoms with van der Waals surface area (Å²) in [6.45, 7) is -7.00. The van der Waals surface area contributed by atoms with E-state index in [4.69, 9.17) is 0 Å². The largest absolute Gasteiger partial charge is 1.00 e. The molecule has 0 aromatic rings. The van der Waals surface area contributed by atoms with Gasteiger partial charge in [0.15, 0.2) is 0 Å².